The van der Waals surface area contributed by atoms with Crippen molar-refractivity contribution in [1.82, 2.24) is 9.38 Å². The van der Waals surface area contributed by atoms with Gasteiger partial charge in [0.2, 0.25) is 0 Å². The number of benzene rings is 1. The summed E-state index contributed by atoms with van der Waals surface area (Å²) in [6, 6.07) is 11.2. The third kappa shape index (κ3) is 5.44. The number of hydrogen-bond donors (Lipinski definition) is 1. The van der Waals surface area contributed by atoms with Gasteiger partial charge in [-0.25, -0.2) is 14.6 Å². The fourth-order valence-corrected chi connectivity index (χ4v) is 2.70. The molecule has 0 atom stereocenters. The molecule has 0 saturated carbocycles. The van der Waals surface area contributed by atoms with E-state index in [0.29, 0.717) is 17.0 Å². The first kappa shape index (κ1) is 21.0. The second-order valence-electron chi connectivity index (χ2n) is 7.80. The largest absolute Gasteiger partial charge is 0.456 e. The molecule has 0 aliphatic rings. The lowest BCUT2D eigenvalue weighted by molar-refractivity contribution is 0.0466. The number of esters is 1. The second-order valence-corrected chi connectivity index (χ2v) is 7.80. The third-order valence-electron chi connectivity index (χ3n) is 3.96. The van der Waals surface area contributed by atoms with Crippen molar-refractivity contribution in [2.45, 2.75) is 39.9 Å². The zero-order valence-electron chi connectivity index (χ0n) is 17.3. The zero-order valence-corrected chi connectivity index (χ0v) is 17.3. The van der Waals surface area contributed by atoms with Crippen LogP contribution in [0.4, 0.5) is 10.5 Å². The standard InChI is InChI=1S/C22H23N3O5/c1-14-8-9-18-23-17(11-19(26)25(18)12-14)13-29-20(27)15-6-5-7-16(10-15)24-21(28)30-22(2,3)4/h5-12H,13H2,1-4H3,(H,24,28). The highest BCUT2D eigenvalue weighted by molar-refractivity contribution is 5.92. The number of pyridine rings is 1. The molecule has 1 amide bonds. The van der Waals surface area contributed by atoms with Gasteiger partial charge < -0.3 is 9.47 Å². The van der Waals surface area contributed by atoms with Crippen molar-refractivity contribution in [3.63, 3.8) is 0 Å². The summed E-state index contributed by atoms with van der Waals surface area (Å²) >= 11 is 0. The molecule has 1 N–H and O–H groups in total. The SMILES string of the molecule is Cc1ccc2nc(COC(=O)c3cccc(NC(=O)OC(C)(C)C)c3)cc(=O)n2c1. The van der Waals surface area contributed by atoms with Gasteiger partial charge in [-0.05, 0) is 57.5 Å². The molecule has 2 aromatic heterocycles. The molecular formula is C22H23N3O5. The maximum atomic E-state index is 12.4. The summed E-state index contributed by atoms with van der Waals surface area (Å²) in [5.74, 6) is -0.603. The summed E-state index contributed by atoms with van der Waals surface area (Å²) in [4.78, 5) is 40.9. The number of carbonyl (C=O) groups is 2. The van der Waals surface area contributed by atoms with E-state index in [-0.39, 0.29) is 17.7 Å². The molecule has 0 saturated heterocycles. The maximum absolute atomic E-state index is 12.4. The Labute approximate surface area is 173 Å². The van der Waals surface area contributed by atoms with Gasteiger partial charge in [0.25, 0.3) is 5.56 Å². The monoisotopic (exact) mass is 409 g/mol. The summed E-state index contributed by atoms with van der Waals surface area (Å²) < 4.78 is 11.9. The summed E-state index contributed by atoms with van der Waals surface area (Å²) in [7, 11) is 0. The fourth-order valence-electron chi connectivity index (χ4n) is 2.70. The Morgan fingerprint density at radius 1 is 1.13 bits per heavy atom. The number of amides is 1. The van der Waals surface area contributed by atoms with Crippen molar-refractivity contribution in [2.24, 2.45) is 0 Å². The van der Waals surface area contributed by atoms with E-state index in [2.05, 4.69) is 10.3 Å². The van der Waals surface area contributed by atoms with Crippen LogP contribution in [0.1, 0.15) is 42.4 Å². The lowest BCUT2D eigenvalue weighted by Gasteiger charge is -2.19. The summed E-state index contributed by atoms with van der Waals surface area (Å²) in [6.45, 7) is 7.01. The van der Waals surface area contributed by atoms with Crippen LogP contribution in [-0.4, -0.2) is 27.0 Å². The van der Waals surface area contributed by atoms with Crippen LogP contribution in [-0.2, 0) is 16.1 Å². The fraction of sp³-hybridized carbons (Fsp3) is 0.273. The molecular weight excluding hydrogens is 386 g/mol. The Morgan fingerprint density at radius 3 is 2.63 bits per heavy atom. The number of fused-ring (bicyclic) bond motifs is 1. The van der Waals surface area contributed by atoms with Gasteiger partial charge in [-0.2, -0.15) is 0 Å². The molecule has 2 heterocycles. The molecule has 3 aromatic rings. The Bertz CT molecular complexity index is 1160. The lowest BCUT2D eigenvalue weighted by Crippen LogP contribution is -2.27. The number of nitrogens with zero attached hydrogens (tertiary/aromatic N) is 2. The second kappa shape index (κ2) is 8.36. The van der Waals surface area contributed by atoms with E-state index in [0.717, 1.165) is 5.56 Å². The number of anilines is 1. The third-order valence-corrected chi connectivity index (χ3v) is 3.96. The quantitative estimate of drug-likeness (QED) is 0.660. The normalized spacial score (nSPS) is 11.2. The number of ether oxygens (including phenoxy) is 2. The molecule has 0 radical (unpaired) electrons. The van der Waals surface area contributed by atoms with Crippen molar-refractivity contribution in [3.05, 3.63) is 75.8 Å². The smallest absolute Gasteiger partial charge is 0.412 e. The molecule has 0 spiro atoms. The van der Waals surface area contributed by atoms with Gasteiger partial charge in [0.05, 0.1) is 11.3 Å². The summed E-state index contributed by atoms with van der Waals surface area (Å²) in [5.41, 5.74) is 1.52. The first-order chi connectivity index (χ1) is 14.1. The number of rotatable bonds is 4. The van der Waals surface area contributed by atoms with Gasteiger partial charge >= 0.3 is 12.1 Å². The van der Waals surface area contributed by atoms with E-state index >= 15 is 0 Å². The van der Waals surface area contributed by atoms with Gasteiger partial charge in [0.1, 0.15) is 17.9 Å². The van der Waals surface area contributed by atoms with E-state index in [9.17, 15) is 14.4 Å². The van der Waals surface area contributed by atoms with Crippen molar-refractivity contribution >= 4 is 23.4 Å². The van der Waals surface area contributed by atoms with Gasteiger partial charge in [0, 0.05) is 18.0 Å². The molecule has 8 heteroatoms. The first-order valence-corrected chi connectivity index (χ1v) is 9.37. The predicted octanol–water partition coefficient (Wildman–Crippen LogP) is 3.71. The Morgan fingerprint density at radius 2 is 1.90 bits per heavy atom. The molecule has 0 fully saturated rings. The number of aromatic nitrogens is 2. The van der Waals surface area contributed by atoms with Gasteiger partial charge in [-0.1, -0.05) is 12.1 Å². The Balaban J connectivity index is 1.68. The lowest BCUT2D eigenvalue weighted by atomic mass is 10.2. The highest BCUT2D eigenvalue weighted by Crippen LogP contribution is 2.15. The van der Waals surface area contributed by atoms with Crippen molar-refractivity contribution < 1.29 is 19.1 Å². The molecule has 3 rings (SSSR count). The van der Waals surface area contributed by atoms with Gasteiger partial charge in [-0.15, -0.1) is 0 Å². The van der Waals surface area contributed by atoms with E-state index in [1.807, 2.05) is 13.0 Å². The molecule has 0 aliphatic heterocycles. The minimum Gasteiger partial charge on any atom is -0.456 e. The summed E-state index contributed by atoms with van der Waals surface area (Å²) in [5, 5.41) is 2.57. The molecule has 156 valence electrons. The average Bonchev–Trinajstić information content (AvgIpc) is 2.65. The molecule has 0 unspecified atom stereocenters. The van der Waals surface area contributed by atoms with Crippen LogP contribution in [0.5, 0.6) is 0 Å². The van der Waals surface area contributed by atoms with E-state index in [1.165, 1.54) is 16.5 Å². The number of nitrogens with one attached hydrogen (secondary N) is 1. The topological polar surface area (TPSA) is 99.0 Å². The molecule has 0 aliphatic carbocycles. The van der Waals surface area contributed by atoms with Crippen LogP contribution in [0.3, 0.4) is 0 Å². The number of carbonyl (C=O) groups excluding carboxylic acids is 2. The number of aryl methyl sites for hydroxylation is 1. The molecule has 8 nitrogen and oxygen atoms in total. The Kier molecular flexibility index (Phi) is 5.86. The zero-order chi connectivity index (χ0) is 21.9. The number of hydrogen-bond acceptors (Lipinski definition) is 6. The molecule has 1 aromatic carbocycles. The van der Waals surface area contributed by atoms with E-state index < -0.39 is 17.7 Å². The van der Waals surface area contributed by atoms with Crippen LogP contribution < -0.4 is 10.9 Å². The van der Waals surface area contributed by atoms with Crippen molar-refractivity contribution in [2.75, 3.05) is 5.32 Å². The summed E-state index contributed by atoms with van der Waals surface area (Å²) in [6.07, 6.45) is 1.08. The highest BCUT2D eigenvalue weighted by atomic mass is 16.6. The van der Waals surface area contributed by atoms with Crippen LogP contribution in [0.25, 0.3) is 5.65 Å². The minimum atomic E-state index is -0.634. The van der Waals surface area contributed by atoms with Crippen LogP contribution in [0.15, 0.2) is 53.5 Å². The van der Waals surface area contributed by atoms with E-state index in [4.69, 9.17) is 9.47 Å². The first-order valence-electron chi connectivity index (χ1n) is 9.37. The predicted molar refractivity (Wildman–Crippen MR) is 112 cm³/mol. The van der Waals surface area contributed by atoms with Crippen molar-refractivity contribution in [3.8, 4) is 0 Å². The van der Waals surface area contributed by atoms with E-state index in [1.54, 1.807) is 51.2 Å². The minimum absolute atomic E-state index is 0.151. The van der Waals surface area contributed by atoms with Crippen LogP contribution in [0, 0.1) is 6.92 Å². The van der Waals surface area contributed by atoms with Crippen LogP contribution in [0.2, 0.25) is 0 Å². The van der Waals surface area contributed by atoms with Gasteiger partial charge in [0.15, 0.2) is 0 Å². The van der Waals surface area contributed by atoms with Crippen molar-refractivity contribution in [1.29, 1.82) is 0 Å². The highest BCUT2D eigenvalue weighted by Gasteiger charge is 2.17. The molecule has 30 heavy (non-hydrogen) atoms. The van der Waals surface area contributed by atoms with Gasteiger partial charge in [-0.3, -0.25) is 14.5 Å². The molecule has 0 bridgehead atoms. The Hall–Kier alpha value is -3.68. The maximum Gasteiger partial charge on any atom is 0.412 e. The van der Waals surface area contributed by atoms with Crippen LogP contribution >= 0.6 is 0 Å². The average molecular weight is 409 g/mol.